The van der Waals surface area contributed by atoms with E-state index in [9.17, 15) is 5.26 Å². The van der Waals surface area contributed by atoms with Crippen LogP contribution < -0.4 is 20.5 Å². The van der Waals surface area contributed by atoms with E-state index in [1.54, 1.807) is 12.3 Å². The Kier molecular flexibility index (Phi) is 12.2. The summed E-state index contributed by atoms with van der Waals surface area (Å²) in [6, 6.07) is 32.0. The number of nitriles is 1. The van der Waals surface area contributed by atoms with Gasteiger partial charge in [-0.3, -0.25) is 0 Å². The molecule has 0 unspecified atom stereocenters. The van der Waals surface area contributed by atoms with Gasteiger partial charge in [-0.05, 0) is 57.1 Å². The van der Waals surface area contributed by atoms with Crippen LogP contribution in [0.15, 0.2) is 95.5 Å². The molecular formula is C31H32BrN3O2S. The van der Waals surface area contributed by atoms with Crippen molar-refractivity contribution >= 4 is 28.6 Å². The van der Waals surface area contributed by atoms with Crippen LogP contribution in [0.4, 0.5) is 0 Å². The second kappa shape index (κ2) is 15.9. The highest BCUT2D eigenvalue weighted by molar-refractivity contribution is 9.10. The molecule has 0 saturated heterocycles. The predicted molar refractivity (Wildman–Crippen MR) is 162 cm³/mol. The van der Waals surface area contributed by atoms with Gasteiger partial charge in [-0.2, -0.15) is 17.9 Å². The number of benzene rings is 4. The molecule has 0 radical (unpaired) electrons. The largest absolute Gasteiger partial charge is 0.489 e. The molecule has 0 aromatic heterocycles. The van der Waals surface area contributed by atoms with Crippen molar-refractivity contribution < 1.29 is 9.47 Å². The van der Waals surface area contributed by atoms with Crippen LogP contribution in [-0.2, 0) is 19.8 Å². The molecule has 0 bridgehead atoms. The summed E-state index contributed by atoms with van der Waals surface area (Å²) in [7, 11) is 0. The SMILES string of the molecule is CS.N#Cc1cccc(COc2cc(OCc3cccc(-c4ccccc4)c3Br)ccc2CNCCN)c1. The Labute approximate surface area is 239 Å². The molecule has 0 heterocycles. The van der Waals surface area contributed by atoms with Crippen LogP contribution >= 0.6 is 28.6 Å². The average molecular weight is 591 g/mol. The fourth-order valence-corrected chi connectivity index (χ4v) is 4.42. The minimum atomic E-state index is 0.355. The highest BCUT2D eigenvalue weighted by Crippen LogP contribution is 2.32. The summed E-state index contributed by atoms with van der Waals surface area (Å²) >= 11 is 7.30. The van der Waals surface area contributed by atoms with E-state index in [4.69, 9.17) is 15.2 Å². The Bertz CT molecular complexity index is 1340. The third-order valence-corrected chi connectivity index (χ3v) is 6.62. The molecule has 0 saturated carbocycles. The highest BCUT2D eigenvalue weighted by Gasteiger charge is 2.11. The minimum Gasteiger partial charge on any atom is -0.489 e. The van der Waals surface area contributed by atoms with Crippen LogP contribution in [-0.4, -0.2) is 19.3 Å². The standard InChI is InChI=1S/C30H28BrN3O2.CH4S/c31-30-26(10-5-11-28(30)24-8-2-1-3-9-24)21-35-27-13-12-25(19-34-15-14-32)29(17-27)36-20-23-7-4-6-22(16-23)18-33;1-2/h1-13,16-17,34H,14-15,19-21,32H2;2H,1H3. The van der Waals surface area contributed by atoms with Crippen molar-refractivity contribution in [3.8, 4) is 28.7 Å². The second-order valence-corrected chi connectivity index (χ2v) is 9.06. The lowest BCUT2D eigenvalue weighted by Gasteiger charge is -2.16. The van der Waals surface area contributed by atoms with Crippen molar-refractivity contribution in [2.24, 2.45) is 5.73 Å². The number of halogens is 1. The van der Waals surface area contributed by atoms with Gasteiger partial charge in [0.05, 0.1) is 11.6 Å². The van der Waals surface area contributed by atoms with Gasteiger partial charge in [0.25, 0.3) is 0 Å². The molecule has 0 amide bonds. The zero-order chi connectivity index (χ0) is 27.2. The van der Waals surface area contributed by atoms with Crippen LogP contribution in [0.3, 0.4) is 0 Å². The Morgan fingerprint density at radius 2 is 1.66 bits per heavy atom. The molecule has 4 rings (SSSR count). The molecule has 5 nitrogen and oxygen atoms in total. The summed E-state index contributed by atoms with van der Waals surface area (Å²) in [6.07, 6.45) is 1.69. The predicted octanol–water partition coefficient (Wildman–Crippen LogP) is 6.74. The molecule has 4 aromatic rings. The minimum absolute atomic E-state index is 0.355. The summed E-state index contributed by atoms with van der Waals surface area (Å²) in [4.78, 5) is 0. The number of rotatable bonds is 11. The Hall–Kier alpha value is -3.28. The fraction of sp³-hybridized carbons (Fsp3) is 0.194. The number of hydrogen-bond donors (Lipinski definition) is 3. The molecule has 0 atom stereocenters. The monoisotopic (exact) mass is 589 g/mol. The number of nitrogens with zero attached hydrogens (tertiary/aromatic N) is 1. The van der Waals surface area contributed by atoms with Crippen LogP contribution in [0.5, 0.6) is 11.5 Å². The van der Waals surface area contributed by atoms with Crippen molar-refractivity contribution in [2.75, 3.05) is 19.3 Å². The normalized spacial score (nSPS) is 10.2. The van der Waals surface area contributed by atoms with E-state index >= 15 is 0 Å². The van der Waals surface area contributed by atoms with Gasteiger partial charge < -0.3 is 20.5 Å². The lowest BCUT2D eigenvalue weighted by molar-refractivity contribution is 0.287. The van der Waals surface area contributed by atoms with E-state index in [-0.39, 0.29) is 0 Å². The van der Waals surface area contributed by atoms with Gasteiger partial charge in [0.2, 0.25) is 0 Å². The number of ether oxygens (including phenoxy) is 2. The molecule has 0 aliphatic carbocycles. The van der Waals surface area contributed by atoms with Gasteiger partial charge in [0, 0.05) is 41.3 Å². The molecule has 196 valence electrons. The topological polar surface area (TPSA) is 80.3 Å². The van der Waals surface area contributed by atoms with Gasteiger partial charge >= 0.3 is 0 Å². The summed E-state index contributed by atoms with van der Waals surface area (Å²) in [6.45, 7) is 2.68. The first-order valence-electron chi connectivity index (χ1n) is 12.2. The molecular weight excluding hydrogens is 558 g/mol. The zero-order valence-electron chi connectivity index (χ0n) is 21.4. The van der Waals surface area contributed by atoms with Gasteiger partial charge in [-0.1, -0.05) is 66.7 Å². The van der Waals surface area contributed by atoms with Crippen molar-refractivity contribution in [1.82, 2.24) is 5.32 Å². The Balaban J connectivity index is 0.00000195. The van der Waals surface area contributed by atoms with Crippen LogP contribution in [0.25, 0.3) is 11.1 Å². The average Bonchev–Trinajstić information content (AvgIpc) is 2.98. The first kappa shape index (κ1) is 29.3. The zero-order valence-corrected chi connectivity index (χ0v) is 23.8. The summed E-state index contributed by atoms with van der Waals surface area (Å²) in [5.74, 6) is 1.45. The third-order valence-electron chi connectivity index (χ3n) is 5.68. The molecule has 3 N–H and O–H groups in total. The third kappa shape index (κ3) is 8.37. The maximum Gasteiger partial charge on any atom is 0.127 e. The van der Waals surface area contributed by atoms with Crippen molar-refractivity contribution in [3.63, 3.8) is 0 Å². The quantitative estimate of drug-likeness (QED) is 0.133. The van der Waals surface area contributed by atoms with Crippen molar-refractivity contribution in [3.05, 3.63) is 118 Å². The molecule has 7 heteroatoms. The fourth-order valence-electron chi connectivity index (χ4n) is 3.81. The molecule has 38 heavy (non-hydrogen) atoms. The summed E-state index contributed by atoms with van der Waals surface area (Å²) in [5.41, 5.74) is 11.5. The maximum absolute atomic E-state index is 9.17. The lowest BCUT2D eigenvalue weighted by Crippen LogP contribution is -2.22. The molecule has 4 aromatic carbocycles. The van der Waals surface area contributed by atoms with Crippen LogP contribution in [0, 0.1) is 11.3 Å². The second-order valence-electron chi connectivity index (χ2n) is 8.27. The number of nitrogens with one attached hydrogen (secondary N) is 1. The molecule has 0 aliphatic heterocycles. The number of thiol groups is 1. The molecule has 0 fully saturated rings. The summed E-state index contributed by atoms with van der Waals surface area (Å²) in [5, 5.41) is 12.5. The van der Waals surface area contributed by atoms with E-state index in [0.29, 0.717) is 38.4 Å². The first-order chi connectivity index (χ1) is 18.7. The smallest absolute Gasteiger partial charge is 0.127 e. The van der Waals surface area contributed by atoms with E-state index in [1.165, 1.54) is 0 Å². The van der Waals surface area contributed by atoms with Crippen LogP contribution in [0.1, 0.15) is 22.3 Å². The summed E-state index contributed by atoms with van der Waals surface area (Å²) < 4.78 is 13.4. The van der Waals surface area contributed by atoms with Crippen molar-refractivity contribution in [2.45, 2.75) is 19.8 Å². The van der Waals surface area contributed by atoms with Gasteiger partial charge in [0.15, 0.2) is 0 Å². The van der Waals surface area contributed by atoms with Gasteiger partial charge in [-0.15, -0.1) is 0 Å². The van der Waals surface area contributed by atoms with Crippen LogP contribution in [0.2, 0.25) is 0 Å². The van der Waals surface area contributed by atoms with E-state index in [2.05, 4.69) is 64.2 Å². The van der Waals surface area contributed by atoms with Gasteiger partial charge in [0.1, 0.15) is 24.7 Å². The Morgan fingerprint density at radius 3 is 2.42 bits per heavy atom. The molecule has 0 spiro atoms. The lowest BCUT2D eigenvalue weighted by atomic mass is 10.0. The van der Waals surface area contributed by atoms with E-state index < -0.39 is 0 Å². The van der Waals surface area contributed by atoms with Gasteiger partial charge in [-0.25, -0.2) is 0 Å². The molecule has 0 aliphatic rings. The van der Waals surface area contributed by atoms with E-state index in [0.717, 1.165) is 43.8 Å². The maximum atomic E-state index is 9.17. The number of hydrogen-bond acceptors (Lipinski definition) is 6. The first-order valence-corrected chi connectivity index (χ1v) is 13.9. The Morgan fingerprint density at radius 1 is 0.868 bits per heavy atom. The highest BCUT2D eigenvalue weighted by atomic mass is 79.9. The van der Waals surface area contributed by atoms with Crippen molar-refractivity contribution in [1.29, 1.82) is 5.26 Å². The number of nitrogens with two attached hydrogens (primary N) is 1. The van der Waals surface area contributed by atoms with E-state index in [1.807, 2.05) is 60.7 Å².